The van der Waals surface area contributed by atoms with Crippen molar-refractivity contribution in [2.24, 2.45) is 5.92 Å². The van der Waals surface area contributed by atoms with Gasteiger partial charge in [0, 0.05) is 32.5 Å². The van der Waals surface area contributed by atoms with E-state index in [0.29, 0.717) is 37.1 Å². The fraction of sp³-hybridized carbons (Fsp3) is 0.812. The third-order valence-electron chi connectivity index (χ3n) is 5.04. The van der Waals surface area contributed by atoms with Crippen LogP contribution in [0.15, 0.2) is 17.3 Å². The molecule has 0 unspecified atom stereocenters. The molecular formula is C16H29ClN4O3S. The van der Waals surface area contributed by atoms with Crippen molar-refractivity contribution in [1.82, 2.24) is 19.4 Å². The summed E-state index contributed by atoms with van der Waals surface area (Å²) in [6.07, 6.45) is 6.79. The van der Waals surface area contributed by atoms with Crippen LogP contribution in [0, 0.1) is 5.92 Å². The summed E-state index contributed by atoms with van der Waals surface area (Å²) >= 11 is 0. The third kappa shape index (κ3) is 4.95. The van der Waals surface area contributed by atoms with E-state index in [9.17, 15) is 8.42 Å². The number of ether oxygens (including phenoxy) is 1. The smallest absolute Gasteiger partial charge is 0.246 e. The number of hydrogen-bond donors (Lipinski definition) is 1. The lowest BCUT2D eigenvalue weighted by atomic mass is 9.98. The van der Waals surface area contributed by atoms with E-state index in [0.717, 1.165) is 38.8 Å². The molecule has 2 aliphatic rings. The molecule has 25 heavy (non-hydrogen) atoms. The fourth-order valence-corrected chi connectivity index (χ4v) is 4.87. The third-order valence-corrected chi connectivity index (χ3v) is 6.89. The molecule has 1 N–H and O–H groups in total. The lowest BCUT2D eigenvalue weighted by Crippen LogP contribution is -2.40. The Hall–Kier alpha value is -0.670. The van der Waals surface area contributed by atoms with Crippen molar-refractivity contribution < 1.29 is 13.2 Å². The highest BCUT2D eigenvalue weighted by molar-refractivity contribution is 7.89. The largest absolute Gasteiger partial charge is 0.381 e. The van der Waals surface area contributed by atoms with Crippen LogP contribution in [0.1, 0.15) is 38.6 Å². The number of aromatic nitrogens is 2. The number of sulfonamides is 1. The van der Waals surface area contributed by atoms with Gasteiger partial charge in [0.15, 0.2) is 0 Å². The molecule has 1 aromatic heterocycles. The van der Waals surface area contributed by atoms with Crippen LogP contribution in [-0.4, -0.2) is 61.9 Å². The Morgan fingerprint density at radius 3 is 2.56 bits per heavy atom. The second-order valence-corrected chi connectivity index (χ2v) is 8.59. The first kappa shape index (κ1) is 20.6. The van der Waals surface area contributed by atoms with E-state index in [4.69, 9.17) is 4.74 Å². The highest BCUT2D eigenvalue weighted by Gasteiger charge is 2.30. The molecule has 1 aromatic rings. The van der Waals surface area contributed by atoms with Crippen LogP contribution in [0.3, 0.4) is 0 Å². The lowest BCUT2D eigenvalue weighted by Gasteiger charge is -2.31. The quantitative estimate of drug-likeness (QED) is 0.796. The van der Waals surface area contributed by atoms with Gasteiger partial charge < -0.3 is 10.1 Å². The van der Waals surface area contributed by atoms with Gasteiger partial charge in [0.05, 0.1) is 12.2 Å². The fourth-order valence-electron chi connectivity index (χ4n) is 3.45. The molecule has 2 fully saturated rings. The van der Waals surface area contributed by atoms with Gasteiger partial charge in [0.25, 0.3) is 0 Å². The zero-order chi connectivity index (χ0) is 17.0. The summed E-state index contributed by atoms with van der Waals surface area (Å²) in [6, 6.07) is 0.244. The van der Waals surface area contributed by atoms with E-state index in [1.54, 1.807) is 15.2 Å². The van der Waals surface area contributed by atoms with E-state index in [-0.39, 0.29) is 18.4 Å². The standard InChI is InChI=1S/C16H28N4O3S.ClH/c1-2-17-11-14-3-7-19(8-4-14)24(21,22)16-12-18-20(13-16)15-5-9-23-10-6-15;/h12-15,17H,2-11H2,1H3;1H. The molecule has 0 amide bonds. The van der Waals surface area contributed by atoms with E-state index < -0.39 is 10.0 Å². The van der Waals surface area contributed by atoms with E-state index in [2.05, 4.69) is 17.3 Å². The van der Waals surface area contributed by atoms with E-state index in [1.165, 1.54) is 6.20 Å². The van der Waals surface area contributed by atoms with Gasteiger partial charge in [-0.15, -0.1) is 12.4 Å². The molecule has 0 aliphatic carbocycles. The van der Waals surface area contributed by atoms with Crippen LogP contribution in [0.2, 0.25) is 0 Å². The van der Waals surface area contributed by atoms with Crippen molar-refractivity contribution in [1.29, 1.82) is 0 Å². The first-order valence-electron chi connectivity index (χ1n) is 8.94. The Morgan fingerprint density at radius 1 is 1.24 bits per heavy atom. The maximum atomic E-state index is 12.8. The summed E-state index contributed by atoms with van der Waals surface area (Å²) in [6.45, 7) is 6.66. The molecule has 3 heterocycles. The van der Waals surface area contributed by atoms with Crippen molar-refractivity contribution in [2.45, 2.75) is 43.5 Å². The molecule has 0 atom stereocenters. The van der Waals surface area contributed by atoms with Gasteiger partial charge in [-0.05, 0) is 44.7 Å². The lowest BCUT2D eigenvalue weighted by molar-refractivity contribution is 0.0662. The Labute approximate surface area is 156 Å². The van der Waals surface area contributed by atoms with Gasteiger partial charge in [0.1, 0.15) is 4.90 Å². The Bertz CT molecular complexity index is 623. The van der Waals surface area contributed by atoms with Crippen LogP contribution in [0.25, 0.3) is 0 Å². The predicted octanol–water partition coefficient (Wildman–Crippen LogP) is 1.67. The molecule has 2 aliphatic heterocycles. The van der Waals surface area contributed by atoms with Gasteiger partial charge in [0.2, 0.25) is 10.0 Å². The van der Waals surface area contributed by atoms with Crippen LogP contribution >= 0.6 is 12.4 Å². The highest BCUT2D eigenvalue weighted by Crippen LogP contribution is 2.25. The summed E-state index contributed by atoms with van der Waals surface area (Å²) in [5, 5.41) is 7.65. The Balaban J connectivity index is 0.00000225. The maximum Gasteiger partial charge on any atom is 0.246 e. The van der Waals surface area contributed by atoms with Gasteiger partial charge >= 0.3 is 0 Å². The van der Waals surface area contributed by atoms with Crippen molar-refractivity contribution in [3.63, 3.8) is 0 Å². The zero-order valence-corrected chi connectivity index (χ0v) is 16.4. The minimum Gasteiger partial charge on any atom is -0.381 e. The van der Waals surface area contributed by atoms with Crippen molar-refractivity contribution in [2.75, 3.05) is 39.4 Å². The van der Waals surface area contributed by atoms with Crippen LogP contribution in [0.5, 0.6) is 0 Å². The molecular weight excluding hydrogens is 364 g/mol. The van der Waals surface area contributed by atoms with E-state index >= 15 is 0 Å². The topological polar surface area (TPSA) is 76.5 Å². The molecule has 2 saturated heterocycles. The summed E-state index contributed by atoms with van der Waals surface area (Å²) < 4.78 is 34.4. The Kier molecular flexibility index (Phi) is 7.69. The average Bonchev–Trinajstić information content (AvgIpc) is 3.12. The van der Waals surface area contributed by atoms with E-state index in [1.807, 2.05) is 0 Å². The molecule has 3 rings (SSSR count). The number of hydrogen-bond acceptors (Lipinski definition) is 5. The molecule has 0 aromatic carbocycles. The second kappa shape index (κ2) is 9.32. The monoisotopic (exact) mass is 392 g/mol. The molecule has 0 saturated carbocycles. The minimum atomic E-state index is -3.43. The zero-order valence-electron chi connectivity index (χ0n) is 14.8. The summed E-state index contributed by atoms with van der Waals surface area (Å²) in [5.74, 6) is 0.571. The number of halogens is 1. The number of nitrogens with one attached hydrogen (secondary N) is 1. The van der Waals surface area contributed by atoms with Gasteiger partial charge in [-0.3, -0.25) is 4.68 Å². The first-order chi connectivity index (χ1) is 11.6. The van der Waals surface area contributed by atoms with Gasteiger partial charge in [-0.25, -0.2) is 8.42 Å². The molecule has 7 nitrogen and oxygen atoms in total. The minimum absolute atomic E-state index is 0. The number of nitrogens with zero attached hydrogens (tertiary/aromatic N) is 3. The molecule has 0 bridgehead atoms. The molecule has 0 radical (unpaired) electrons. The molecule has 9 heteroatoms. The van der Waals surface area contributed by atoms with Crippen molar-refractivity contribution in [3.05, 3.63) is 12.4 Å². The SMILES string of the molecule is CCNCC1CCN(S(=O)(=O)c2cnn(C3CCOCC3)c2)CC1.Cl. The second-order valence-electron chi connectivity index (χ2n) is 6.65. The number of piperidine rings is 1. The predicted molar refractivity (Wildman–Crippen MR) is 98.6 cm³/mol. The molecule has 0 spiro atoms. The summed E-state index contributed by atoms with van der Waals surface area (Å²) in [7, 11) is -3.43. The first-order valence-corrected chi connectivity index (χ1v) is 10.4. The molecule has 144 valence electrons. The van der Waals surface area contributed by atoms with Crippen LogP contribution in [-0.2, 0) is 14.8 Å². The normalized spacial score (nSPS) is 21.2. The van der Waals surface area contributed by atoms with Gasteiger partial charge in [-0.1, -0.05) is 6.92 Å². The average molecular weight is 393 g/mol. The maximum absolute atomic E-state index is 12.8. The van der Waals surface area contributed by atoms with Crippen LogP contribution < -0.4 is 5.32 Å². The summed E-state index contributed by atoms with van der Waals surface area (Å²) in [4.78, 5) is 0.319. The summed E-state index contributed by atoms with van der Waals surface area (Å²) in [5.41, 5.74) is 0. The van der Waals surface area contributed by atoms with Crippen molar-refractivity contribution in [3.8, 4) is 0 Å². The van der Waals surface area contributed by atoms with Crippen LogP contribution in [0.4, 0.5) is 0 Å². The highest BCUT2D eigenvalue weighted by atomic mass is 35.5. The van der Waals surface area contributed by atoms with Crippen molar-refractivity contribution >= 4 is 22.4 Å². The number of rotatable bonds is 6. The van der Waals surface area contributed by atoms with Gasteiger partial charge in [-0.2, -0.15) is 9.40 Å². The Morgan fingerprint density at radius 2 is 1.92 bits per heavy atom.